The number of fused-ring (bicyclic) bond motifs is 3. The average molecular weight is 351 g/mol. The van der Waals surface area contributed by atoms with E-state index >= 15 is 0 Å². The van der Waals surface area contributed by atoms with Gasteiger partial charge in [0.1, 0.15) is 11.8 Å². The van der Waals surface area contributed by atoms with Gasteiger partial charge in [-0.2, -0.15) is 5.26 Å². The minimum absolute atomic E-state index is 0.368. The van der Waals surface area contributed by atoms with Gasteiger partial charge >= 0.3 is 0 Å². The summed E-state index contributed by atoms with van der Waals surface area (Å²) in [5, 5.41) is 13.0. The summed E-state index contributed by atoms with van der Waals surface area (Å²) in [5.74, 6) is 1.25. The first-order valence-electron chi connectivity index (χ1n) is 7.92. The first-order chi connectivity index (χ1) is 11.8. The van der Waals surface area contributed by atoms with E-state index in [1.54, 1.807) is 30.2 Å². The second kappa shape index (κ2) is 6.16. The summed E-state index contributed by atoms with van der Waals surface area (Å²) in [6.07, 6.45) is 4.28. The molecule has 0 amide bonds. The van der Waals surface area contributed by atoms with Crippen LogP contribution < -0.4 is 4.74 Å². The fraction of sp³-hybridized carbons (Fsp3) is 0.250. The largest absolute Gasteiger partial charge is 0.497 e. The van der Waals surface area contributed by atoms with E-state index in [2.05, 4.69) is 35.9 Å². The number of ether oxygens (including phenoxy) is 1. The number of thioether (sulfide) groups is 1. The molecule has 0 fully saturated rings. The monoisotopic (exact) mass is 351 g/mol. The number of thiophene rings is 1. The third-order valence-electron chi connectivity index (χ3n) is 4.87. The summed E-state index contributed by atoms with van der Waals surface area (Å²) >= 11 is 3.47. The Morgan fingerprint density at radius 2 is 2.04 bits per heavy atom. The molecule has 3 aromatic rings. The third-order valence-corrected chi connectivity index (χ3v) is 6.68. The lowest BCUT2D eigenvalue weighted by Crippen LogP contribution is -2.00. The van der Waals surface area contributed by atoms with Gasteiger partial charge in [-0.15, -0.1) is 23.1 Å². The zero-order chi connectivity index (χ0) is 16.7. The van der Waals surface area contributed by atoms with Crippen molar-refractivity contribution in [2.24, 2.45) is 0 Å². The van der Waals surface area contributed by atoms with E-state index in [0.717, 1.165) is 34.4 Å². The number of nitrogens with zero attached hydrogens (tertiary/aromatic N) is 1. The van der Waals surface area contributed by atoms with Gasteiger partial charge < -0.3 is 4.74 Å². The van der Waals surface area contributed by atoms with E-state index in [-0.39, 0.29) is 0 Å². The Hall–Kier alpha value is -1.96. The molecule has 1 atom stereocenters. The fourth-order valence-corrected chi connectivity index (χ4v) is 5.64. The molecule has 2 aromatic carbocycles. The Morgan fingerprint density at radius 3 is 2.71 bits per heavy atom. The summed E-state index contributed by atoms with van der Waals surface area (Å²) in [6, 6.07) is 12.9. The first kappa shape index (κ1) is 15.6. The molecule has 0 N–H and O–H groups in total. The third kappa shape index (κ3) is 2.23. The van der Waals surface area contributed by atoms with Gasteiger partial charge in [0.05, 0.1) is 12.7 Å². The number of hydrogen-bond donors (Lipinski definition) is 0. The van der Waals surface area contributed by atoms with Crippen molar-refractivity contribution in [1.82, 2.24) is 0 Å². The normalized spacial score (nSPS) is 16.1. The highest BCUT2D eigenvalue weighted by Crippen LogP contribution is 2.49. The number of methoxy groups -OCH3 is 1. The lowest BCUT2D eigenvalue weighted by Gasteiger charge is -2.18. The quantitative estimate of drug-likeness (QED) is 0.577. The van der Waals surface area contributed by atoms with Gasteiger partial charge in [-0.3, -0.25) is 0 Å². The maximum Gasteiger partial charge on any atom is 0.118 e. The van der Waals surface area contributed by atoms with Crippen LogP contribution in [0.1, 0.15) is 34.6 Å². The molecule has 1 aliphatic carbocycles. The van der Waals surface area contributed by atoms with Crippen LogP contribution in [-0.2, 0) is 6.42 Å². The molecule has 1 heterocycles. The second-order valence-electron chi connectivity index (χ2n) is 5.94. The first-order valence-corrected chi connectivity index (χ1v) is 10.0. The predicted octanol–water partition coefficient (Wildman–Crippen LogP) is 5.58. The van der Waals surface area contributed by atoms with Gasteiger partial charge in [0.25, 0.3) is 0 Å². The van der Waals surface area contributed by atoms with Gasteiger partial charge in [0, 0.05) is 20.9 Å². The van der Waals surface area contributed by atoms with Gasteiger partial charge in [0.15, 0.2) is 0 Å². The Kier molecular flexibility index (Phi) is 3.99. The minimum Gasteiger partial charge on any atom is -0.497 e. The zero-order valence-corrected chi connectivity index (χ0v) is 15.3. The molecule has 4 heteroatoms. The van der Waals surface area contributed by atoms with Crippen LogP contribution in [0.3, 0.4) is 0 Å². The molecule has 0 bridgehead atoms. The van der Waals surface area contributed by atoms with Crippen molar-refractivity contribution in [3.8, 4) is 11.8 Å². The van der Waals surface area contributed by atoms with Crippen molar-refractivity contribution in [3.63, 3.8) is 0 Å². The number of hydrogen-bond acceptors (Lipinski definition) is 4. The highest BCUT2D eigenvalue weighted by molar-refractivity contribution is 7.98. The lowest BCUT2D eigenvalue weighted by atomic mass is 9.91. The van der Waals surface area contributed by atoms with Crippen LogP contribution in [0.25, 0.3) is 10.1 Å². The number of benzene rings is 2. The molecular weight excluding hydrogens is 334 g/mol. The van der Waals surface area contributed by atoms with Gasteiger partial charge in [0.2, 0.25) is 0 Å². The van der Waals surface area contributed by atoms with Crippen molar-refractivity contribution in [3.05, 3.63) is 58.0 Å². The van der Waals surface area contributed by atoms with Crippen LogP contribution in [0, 0.1) is 11.3 Å². The summed E-state index contributed by atoms with van der Waals surface area (Å²) in [6.45, 7) is 0. The van der Waals surface area contributed by atoms with E-state index in [9.17, 15) is 5.26 Å². The molecule has 1 aromatic heterocycles. The molecule has 0 saturated heterocycles. The average Bonchev–Trinajstić information content (AvgIpc) is 3.27. The Morgan fingerprint density at radius 1 is 1.25 bits per heavy atom. The Balaban J connectivity index is 1.94. The molecule has 0 radical (unpaired) electrons. The van der Waals surface area contributed by atoms with Crippen molar-refractivity contribution in [2.45, 2.75) is 23.7 Å². The second-order valence-corrected chi connectivity index (χ2v) is 7.67. The molecule has 4 rings (SSSR count). The minimum atomic E-state index is 0.368. The number of aryl methyl sites for hydroxylation is 1. The van der Waals surface area contributed by atoms with Crippen molar-refractivity contribution in [1.29, 1.82) is 5.26 Å². The zero-order valence-electron chi connectivity index (χ0n) is 13.6. The van der Waals surface area contributed by atoms with Crippen LogP contribution in [0.5, 0.6) is 5.75 Å². The van der Waals surface area contributed by atoms with Crippen LogP contribution in [0.4, 0.5) is 0 Å². The summed E-state index contributed by atoms with van der Waals surface area (Å²) in [7, 11) is 1.69. The van der Waals surface area contributed by atoms with E-state index in [1.807, 2.05) is 12.1 Å². The van der Waals surface area contributed by atoms with Crippen molar-refractivity contribution in [2.75, 3.05) is 13.4 Å². The van der Waals surface area contributed by atoms with E-state index in [0.29, 0.717) is 5.92 Å². The van der Waals surface area contributed by atoms with Crippen LogP contribution in [-0.4, -0.2) is 13.4 Å². The molecule has 0 aliphatic heterocycles. The van der Waals surface area contributed by atoms with Crippen LogP contribution in [0.15, 0.2) is 40.6 Å². The summed E-state index contributed by atoms with van der Waals surface area (Å²) in [4.78, 5) is 1.16. The van der Waals surface area contributed by atoms with Gasteiger partial charge in [-0.25, -0.2) is 0 Å². The van der Waals surface area contributed by atoms with Crippen molar-refractivity contribution < 1.29 is 4.74 Å². The standard InChI is InChI=1S/C20H17NOS2/c1-22-13-5-3-12(4-6-13)14-7-8-16-18(14)20(23-2)17(11-21)15-9-10-24-19(15)16/h3-6,9-10,14H,7-8H2,1-2H3. The smallest absolute Gasteiger partial charge is 0.118 e. The van der Waals surface area contributed by atoms with E-state index in [4.69, 9.17) is 4.74 Å². The summed E-state index contributed by atoms with van der Waals surface area (Å²) < 4.78 is 6.59. The number of rotatable bonds is 3. The maximum absolute atomic E-state index is 9.75. The molecule has 1 unspecified atom stereocenters. The van der Waals surface area contributed by atoms with Crippen LogP contribution in [0.2, 0.25) is 0 Å². The van der Waals surface area contributed by atoms with Crippen LogP contribution >= 0.6 is 23.1 Å². The Labute approximate surface area is 150 Å². The topological polar surface area (TPSA) is 33.0 Å². The molecular formula is C20H17NOS2. The highest BCUT2D eigenvalue weighted by atomic mass is 32.2. The fourth-order valence-electron chi connectivity index (χ4n) is 3.80. The van der Waals surface area contributed by atoms with Crippen molar-refractivity contribution >= 4 is 33.2 Å². The molecule has 1 aliphatic rings. The molecule has 2 nitrogen and oxygen atoms in total. The lowest BCUT2D eigenvalue weighted by molar-refractivity contribution is 0.414. The van der Waals surface area contributed by atoms with E-state index in [1.165, 1.54) is 21.4 Å². The summed E-state index contributed by atoms with van der Waals surface area (Å²) in [5.41, 5.74) is 4.98. The maximum atomic E-state index is 9.75. The molecule has 0 saturated carbocycles. The van der Waals surface area contributed by atoms with E-state index < -0.39 is 0 Å². The Bertz CT molecular complexity index is 950. The number of nitriles is 1. The van der Waals surface area contributed by atoms with Gasteiger partial charge in [-0.05, 0) is 59.4 Å². The predicted molar refractivity (Wildman–Crippen MR) is 101 cm³/mol. The molecule has 120 valence electrons. The molecule has 0 spiro atoms. The SMILES string of the molecule is COc1ccc(C2CCc3c2c(SC)c(C#N)c2ccsc32)cc1. The van der Waals surface area contributed by atoms with Gasteiger partial charge in [-0.1, -0.05) is 12.1 Å². The molecule has 24 heavy (non-hydrogen) atoms. The highest BCUT2D eigenvalue weighted by Gasteiger charge is 2.31.